The highest BCUT2D eigenvalue weighted by atomic mass is 16.5. The minimum atomic E-state index is -0.993. The first-order valence-corrected chi connectivity index (χ1v) is 7.16. The molecule has 1 atom stereocenters. The highest BCUT2D eigenvalue weighted by Gasteiger charge is 2.19. The quantitative estimate of drug-likeness (QED) is 0.323. The Morgan fingerprint density at radius 3 is 2.13 bits per heavy atom. The third-order valence-electron chi connectivity index (χ3n) is 3.07. The highest BCUT2D eigenvalue weighted by molar-refractivity contribution is 5.76. The second-order valence-corrected chi connectivity index (χ2v) is 4.81. The summed E-state index contributed by atoms with van der Waals surface area (Å²) in [6.07, 6.45) is 0. The second-order valence-electron chi connectivity index (χ2n) is 4.81. The van der Waals surface area contributed by atoms with Crippen molar-refractivity contribution in [3.05, 3.63) is 82.2 Å². The molecule has 0 spiro atoms. The highest BCUT2D eigenvalue weighted by Crippen LogP contribution is 2.06. The Bertz CT molecular complexity index is 655. The van der Waals surface area contributed by atoms with Gasteiger partial charge in [0.2, 0.25) is 0 Å². The molecular weight excluding hydrogens is 294 g/mol. The standard InChI is InChI=1S/C17H17N3O3/c18-20-19-16(13-22-11-14-7-3-1-4-8-14)17(21)23-12-15-9-5-2-6-10-15/h1-10,16H,11-13H2. The summed E-state index contributed by atoms with van der Waals surface area (Å²) in [5, 5.41) is 3.45. The van der Waals surface area contributed by atoms with Gasteiger partial charge in [0, 0.05) is 4.91 Å². The predicted octanol–water partition coefficient (Wildman–Crippen LogP) is 3.63. The number of ether oxygens (including phenoxy) is 2. The largest absolute Gasteiger partial charge is 0.460 e. The van der Waals surface area contributed by atoms with Crippen LogP contribution in [0.2, 0.25) is 0 Å². The predicted molar refractivity (Wildman–Crippen MR) is 85.3 cm³/mol. The first-order chi connectivity index (χ1) is 11.3. The Labute approximate surface area is 134 Å². The molecule has 2 rings (SSSR count). The SMILES string of the molecule is [N-]=[N+]=NC(COCc1ccccc1)C(=O)OCc1ccccc1. The fraction of sp³-hybridized carbons (Fsp3) is 0.235. The zero-order valence-electron chi connectivity index (χ0n) is 12.5. The van der Waals surface area contributed by atoms with Crippen LogP contribution >= 0.6 is 0 Å². The zero-order chi connectivity index (χ0) is 16.3. The lowest BCUT2D eigenvalue weighted by atomic mass is 10.2. The molecule has 0 heterocycles. The molecule has 0 aliphatic carbocycles. The van der Waals surface area contributed by atoms with Crippen LogP contribution in [0.15, 0.2) is 65.8 Å². The number of carbonyl (C=O) groups is 1. The molecule has 0 fully saturated rings. The van der Waals surface area contributed by atoms with E-state index in [0.717, 1.165) is 11.1 Å². The van der Waals surface area contributed by atoms with Crippen molar-refractivity contribution >= 4 is 5.97 Å². The van der Waals surface area contributed by atoms with Crippen LogP contribution in [0.3, 0.4) is 0 Å². The third-order valence-corrected chi connectivity index (χ3v) is 3.07. The van der Waals surface area contributed by atoms with Gasteiger partial charge >= 0.3 is 5.97 Å². The number of azide groups is 1. The molecule has 6 heteroatoms. The Hall–Kier alpha value is -2.82. The molecule has 118 valence electrons. The van der Waals surface area contributed by atoms with Crippen molar-refractivity contribution in [1.29, 1.82) is 0 Å². The number of benzene rings is 2. The van der Waals surface area contributed by atoms with Crippen molar-refractivity contribution in [2.24, 2.45) is 5.11 Å². The maximum absolute atomic E-state index is 12.0. The summed E-state index contributed by atoms with van der Waals surface area (Å²) in [5.41, 5.74) is 10.4. The van der Waals surface area contributed by atoms with Gasteiger partial charge in [0.05, 0.1) is 13.2 Å². The summed E-state index contributed by atoms with van der Waals surface area (Å²) >= 11 is 0. The second kappa shape index (κ2) is 9.25. The van der Waals surface area contributed by atoms with E-state index in [1.165, 1.54) is 0 Å². The Morgan fingerprint density at radius 2 is 1.57 bits per heavy atom. The molecule has 6 nitrogen and oxygen atoms in total. The molecule has 0 N–H and O–H groups in total. The van der Waals surface area contributed by atoms with E-state index >= 15 is 0 Å². The molecule has 0 saturated heterocycles. The fourth-order valence-corrected chi connectivity index (χ4v) is 1.90. The molecule has 0 aromatic heterocycles. The van der Waals surface area contributed by atoms with E-state index in [1.54, 1.807) is 0 Å². The summed E-state index contributed by atoms with van der Waals surface area (Å²) in [5.74, 6) is -0.597. The summed E-state index contributed by atoms with van der Waals surface area (Å²) < 4.78 is 10.6. The van der Waals surface area contributed by atoms with Crippen molar-refractivity contribution in [3.8, 4) is 0 Å². The van der Waals surface area contributed by atoms with E-state index in [4.69, 9.17) is 15.0 Å². The van der Waals surface area contributed by atoms with Gasteiger partial charge in [-0.05, 0) is 16.7 Å². The van der Waals surface area contributed by atoms with Crippen molar-refractivity contribution in [1.82, 2.24) is 0 Å². The lowest BCUT2D eigenvalue weighted by Crippen LogP contribution is -2.26. The van der Waals surface area contributed by atoms with Crippen LogP contribution in [-0.2, 0) is 27.5 Å². The lowest BCUT2D eigenvalue weighted by molar-refractivity contribution is -0.148. The average Bonchev–Trinajstić information content (AvgIpc) is 2.61. The van der Waals surface area contributed by atoms with Gasteiger partial charge in [0.1, 0.15) is 6.61 Å². The van der Waals surface area contributed by atoms with Gasteiger partial charge in [-0.3, -0.25) is 4.79 Å². The van der Waals surface area contributed by atoms with E-state index in [2.05, 4.69) is 10.0 Å². The monoisotopic (exact) mass is 311 g/mol. The molecule has 2 aromatic rings. The molecule has 2 aromatic carbocycles. The zero-order valence-corrected chi connectivity index (χ0v) is 12.5. The van der Waals surface area contributed by atoms with Gasteiger partial charge in [0.25, 0.3) is 0 Å². The minimum Gasteiger partial charge on any atom is -0.460 e. The van der Waals surface area contributed by atoms with Gasteiger partial charge in [-0.15, -0.1) is 0 Å². The number of esters is 1. The van der Waals surface area contributed by atoms with E-state index in [9.17, 15) is 4.79 Å². The summed E-state index contributed by atoms with van der Waals surface area (Å²) in [6, 6.07) is 17.8. The van der Waals surface area contributed by atoms with Crippen molar-refractivity contribution in [3.63, 3.8) is 0 Å². The number of carbonyl (C=O) groups excluding carboxylic acids is 1. The maximum atomic E-state index is 12.0. The van der Waals surface area contributed by atoms with Crippen LogP contribution in [0, 0.1) is 0 Å². The molecule has 23 heavy (non-hydrogen) atoms. The number of nitrogens with zero attached hydrogens (tertiary/aromatic N) is 3. The third kappa shape index (κ3) is 5.82. The summed E-state index contributed by atoms with van der Waals surface area (Å²) in [6.45, 7) is 0.451. The van der Waals surface area contributed by atoms with Crippen molar-refractivity contribution in [2.75, 3.05) is 6.61 Å². The maximum Gasteiger partial charge on any atom is 0.317 e. The molecule has 0 radical (unpaired) electrons. The van der Waals surface area contributed by atoms with Crippen LogP contribution in [0.5, 0.6) is 0 Å². The normalized spacial score (nSPS) is 11.3. The topological polar surface area (TPSA) is 84.3 Å². The van der Waals surface area contributed by atoms with Crippen LogP contribution in [0.25, 0.3) is 10.4 Å². The molecular formula is C17H17N3O3. The van der Waals surface area contributed by atoms with Crippen molar-refractivity contribution in [2.45, 2.75) is 19.3 Å². The number of hydrogen-bond donors (Lipinski definition) is 0. The molecule has 0 amide bonds. The Morgan fingerprint density at radius 1 is 1.00 bits per heavy atom. The van der Waals surface area contributed by atoms with Gasteiger partial charge in [-0.2, -0.15) is 0 Å². The van der Waals surface area contributed by atoms with Gasteiger partial charge in [-0.1, -0.05) is 65.8 Å². The number of rotatable bonds is 8. The van der Waals surface area contributed by atoms with Crippen LogP contribution in [0.4, 0.5) is 0 Å². The average molecular weight is 311 g/mol. The molecule has 0 saturated carbocycles. The van der Waals surface area contributed by atoms with E-state index in [1.807, 2.05) is 60.7 Å². The van der Waals surface area contributed by atoms with Crippen LogP contribution in [0.1, 0.15) is 11.1 Å². The van der Waals surface area contributed by atoms with Crippen molar-refractivity contribution < 1.29 is 14.3 Å². The molecule has 0 aliphatic heterocycles. The van der Waals surface area contributed by atoms with Gasteiger partial charge in [0.15, 0.2) is 6.04 Å². The van der Waals surface area contributed by atoms with Crippen LogP contribution in [-0.4, -0.2) is 18.6 Å². The van der Waals surface area contributed by atoms with E-state index in [0.29, 0.717) is 6.61 Å². The first-order valence-electron chi connectivity index (χ1n) is 7.16. The van der Waals surface area contributed by atoms with E-state index < -0.39 is 12.0 Å². The molecule has 0 bridgehead atoms. The summed E-state index contributed by atoms with van der Waals surface area (Å²) in [4.78, 5) is 14.7. The molecule has 0 aliphatic rings. The smallest absolute Gasteiger partial charge is 0.317 e. The minimum absolute atomic E-state index is 0.0213. The molecule has 1 unspecified atom stereocenters. The lowest BCUT2D eigenvalue weighted by Gasteiger charge is -2.12. The fourth-order valence-electron chi connectivity index (χ4n) is 1.90. The van der Waals surface area contributed by atoms with Crippen LogP contribution < -0.4 is 0 Å². The Balaban J connectivity index is 1.82. The first kappa shape index (κ1) is 16.5. The summed E-state index contributed by atoms with van der Waals surface area (Å²) in [7, 11) is 0. The van der Waals surface area contributed by atoms with E-state index in [-0.39, 0.29) is 13.2 Å². The van der Waals surface area contributed by atoms with Gasteiger partial charge in [-0.25, -0.2) is 0 Å². The van der Waals surface area contributed by atoms with Gasteiger partial charge < -0.3 is 9.47 Å². The number of hydrogen-bond acceptors (Lipinski definition) is 4. The Kier molecular flexibility index (Phi) is 6.65.